The molecule has 168 valence electrons. The van der Waals surface area contributed by atoms with Crippen LogP contribution in [0.4, 0.5) is 5.69 Å². The number of aryl methyl sites for hydroxylation is 1. The molecule has 4 rings (SSSR count). The lowest BCUT2D eigenvalue weighted by Gasteiger charge is -2.07. The minimum absolute atomic E-state index is 0.0287. The first kappa shape index (κ1) is 22.3. The lowest BCUT2D eigenvalue weighted by atomic mass is 10.1. The molecule has 0 aliphatic rings. The van der Waals surface area contributed by atoms with Crippen LogP contribution in [0.15, 0.2) is 91.7 Å². The van der Waals surface area contributed by atoms with E-state index in [1.807, 2.05) is 13.0 Å². The van der Waals surface area contributed by atoms with Gasteiger partial charge in [-0.15, -0.1) is 0 Å². The van der Waals surface area contributed by atoms with E-state index in [1.54, 1.807) is 24.3 Å². The number of furan rings is 1. The fourth-order valence-corrected chi connectivity index (χ4v) is 4.10. The summed E-state index contributed by atoms with van der Waals surface area (Å²) < 4.78 is 37.8. The summed E-state index contributed by atoms with van der Waals surface area (Å²) in [6.45, 7) is 1.90. The number of carbonyl (C=O) groups excluding carboxylic acids is 1. The number of sulfonamides is 1. The normalized spacial score (nSPS) is 11.8. The molecule has 0 bridgehead atoms. The van der Waals surface area contributed by atoms with Crippen molar-refractivity contribution in [3.63, 3.8) is 0 Å². The minimum Gasteiger partial charge on any atom is -0.468 e. The van der Waals surface area contributed by atoms with Crippen LogP contribution in [0.25, 0.3) is 17.0 Å². The highest BCUT2D eigenvalue weighted by Crippen LogP contribution is 2.16. The topological polar surface area (TPSA) is 119 Å². The number of fused-ring (bicyclic) bond motifs is 1. The molecule has 2 aromatic heterocycles. The maximum atomic E-state index is 12.6. The first-order chi connectivity index (χ1) is 15.8. The molecule has 2 heterocycles. The van der Waals surface area contributed by atoms with Crippen molar-refractivity contribution in [2.75, 3.05) is 5.32 Å². The Hall–Kier alpha value is -3.95. The van der Waals surface area contributed by atoms with E-state index >= 15 is 0 Å². The predicted molar refractivity (Wildman–Crippen MR) is 124 cm³/mol. The Bertz CT molecular complexity index is 1480. The van der Waals surface area contributed by atoms with E-state index in [2.05, 4.69) is 10.0 Å². The second-order valence-electron chi connectivity index (χ2n) is 7.27. The SMILES string of the molecule is Cc1ccc2occ(/C=C/C(=O)Nc3ccc(S(=O)(=O)NCc4ccco4)cc3)c(=O)c2c1. The molecule has 0 unspecified atom stereocenters. The van der Waals surface area contributed by atoms with Crippen LogP contribution in [0.1, 0.15) is 16.9 Å². The Kier molecular flexibility index (Phi) is 6.25. The van der Waals surface area contributed by atoms with Gasteiger partial charge in [-0.1, -0.05) is 11.6 Å². The molecular formula is C24H20N2O6S. The molecular weight excluding hydrogens is 444 g/mol. The van der Waals surface area contributed by atoms with Gasteiger partial charge in [0.05, 0.1) is 28.7 Å². The summed E-state index contributed by atoms with van der Waals surface area (Å²) in [4.78, 5) is 24.9. The quantitative estimate of drug-likeness (QED) is 0.401. The van der Waals surface area contributed by atoms with Crippen molar-refractivity contribution < 1.29 is 22.0 Å². The number of amides is 1. The number of nitrogens with one attached hydrogen (secondary N) is 2. The van der Waals surface area contributed by atoms with Gasteiger partial charge in [-0.3, -0.25) is 9.59 Å². The molecule has 33 heavy (non-hydrogen) atoms. The average Bonchev–Trinajstić information content (AvgIpc) is 3.32. The number of carbonyl (C=O) groups is 1. The zero-order chi connectivity index (χ0) is 23.4. The molecule has 0 radical (unpaired) electrons. The molecule has 2 N–H and O–H groups in total. The Morgan fingerprint density at radius 3 is 2.58 bits per heavy atom. The molecule has 0 atom stereocenters. The van der Waals surface area contributed by atoms with Gasteiger partial charge in [-0.2, -0.15) is 0 Å². The van der Waals surface area contributed by atoms with Gasteiger partial charge in [-0.25, -0.2) is 13.1 Å². The van der Waals surface area contributed by atoms with E-state index in [4.69, 9.17) is 8.83 Å². The van der Waals surface area contributed by atoms with Crippen molar-refractivity contribution in [3.8, 4) is 0 Å². The van der Waals surface area contributed by atoms with Crippen LogP contribution >= 0.6 is 0 Å². The van der Waals surface area contributed by atoms with Crippen LogP contribution in [0.3, 0.4) is 0 Å². The Morgan fingerprint density at radius 2 is 1.85 bits per heavy atom. The second-order valence-corrected chi connectivity index (χ2v) is 9.04. The van der Waals surface area contributed by atoms with Crippen molar-refractivity contribution in [3.05, 3.63) is 100 Å². The van der Waals surface area contributed by atoms with Crippen LogP contribution in [-0.2, 0) is 21.4 Å². The Labute approximate surface area is 189 Å². The molecule has 0 aliphatic heterocycles. The number of anilines is 1. The molecule has 0 saturated carbocycles. The third-order valence-electron chi connectivity index (χ3n) is 4.82. The first-order valence-corrected chi connectivity index (χ1v) is 11.4. The summed E-state index contributed by atoms with van der Waals surface area (Å²) in [6.07, 6.45) is 5.35. The zero-order valence-corrected chi connectivity index (χ0v) is 18.4. The van der Waals surface area contributed by atoms with Gasteiger partial charge in [0.25, 0.3) is 0 Å². The summed E-state index contributed by atoms with van der Waals surface area (Å²) in [5, 5.41) is 3.06. The summed E-state index contributed by atoms with van der Waals surface area (Å²) in [6, 6.07) is 14.3. The van der Waals surface area contributed by atoms with Crippen molar-refractivity contribution in [2.45, 2.75) is 18.4 Å². The number of rotatable bonds is 7. The molecule has 2 aromatic carbocycles. The Balaban J connectivity index is 1.41. The van der Waals surface area contributed by atoms with Gasteiger partial charge in [0.2, 0.25) is 15.9 Å². The van der Waals surface area contributed by atoms with E-state index in [-0.39, 0.29) is 22.4 Å². The van der Waals surface area contributed by atoms with Crippen LogP contribution in [-0.4, -0.2) is 14.3 Å². The van der Waals surface area contributed by atoms with Crippen molar-refractivity contribution in [2.24, 2.45) is 0 Å². The summed E-state index contributed by atoms with van der Waals surface area (Å²) in [5.74, 6) is 0.00937. The molecule has 0 saturated heterocycles. The van der Waals surface area contributed by atoms with Crippen LogP contribution in [0.2, 0.25) is 0 Å². The van der Waals surface area contributed by atoms with E-state index in [1.165, 1.54) is 48.9 Å². The predicted octanol–water partition coefficient (Wildman–Crippen LogP) is 3.82. The summed E-state index contributed by atoms with van der Waals surface area (Å²) >= 11 is 0. The van der Waals surface area contributed by atoms with E-state index < -0.39 is 15.9 Å². The van der Waals surface area contributed by atoms with Gasteiger partial charge in [0, 0.05) is 11.8 Å². The fourth-order valence-electron chi connectivity index (χ4n) is 3.10. The lowest BCUT2D eigenvalue weighted by Crippen LogP contribution is -2.23. The average molecular weight is 464 g/mol. The van der Waals surface area contributed by atoms with Crippen molar-refractivity contribution in [1.29, 1.82) is 0 Å². The molecule has 4 aromatic rings. The van der Waals surface area contributed by atoms with Crippen molar-refractivity contribution >= 4 is 38.7 Å². The third-order valence-corrected chi connectivity index (χ3v) is 6.23. The maximum Gasteiger partial charge on any atom is 0.248 e. The van der Waals surface area contributed by atoms with Crippen LogP contribution < -0.4 is 15.5 Å². The van der Waals surface area contributed by atoms with Gasteiger partial charge in [0.1, 0.15) is 17.6 Å². The lowest BCUT2D eigenvalue weighted by molar-refractivity contribution is -0.111. The second kappa shape index (κ2) is 9.27. The maximum absolute atomic E-state index is 12.6. The standard InChI is InChI=1S/C24H20N2O6S/c1-16-4-10-22-21(13-16)24(28)17(15-32-22)5-11-23(27)26-18-6-8-20(9-7-18)33(29,30)25-14-19-3-2-12-31-19/h2-13,15,25H,14H2,1H3,(H,26,27)/b11-5+. The first-order valence-electron chi connectivity index (χ1n) is 9.95. The fraction of sp³-hybridized carbons (Fsp3) is 0.0833. The van der Waals surface area contributed by atoms with Crippen LogP contribution in [0.5, 0.6) is 0 Å². The Morgan fingerprint density at radius 1 is 1.06 bits per heavy atom. The van der Waals surface area contributed by atoms with Gasteiger partial charge >= 0.3 is 0 Å². The molecule has 9 heteroatoms. The zero-order valence-electron chi connectivity index (χ0n) is 17.6. The number of hydrogen-bond acceptors (Lipinski definition) is 6. The van der Waals surface area contributed by atoms with Crippen molar-refractivity contribution in [1.82, 2.24) is 4.72 Å². The number of benzene rings is 2. The largest absolute Gasteiger partial charge is 0.468 e. The molecule has 1 amide bonds. The van der Waals surface area contributed by atoms with E-state index in [0.29, 0.717) is 22.4 Å². The molecule has 0 fully saturated rings. The van der Waals surface area contributed by atoms with Gasteiger partial charge in [0.15, 0.2) is 5.43 Å². The minimum atomic E-state index is -3.74. The van der Waals surface area contributed by atoms with Gasteiger partial charge < -0.3 is 14.2 Å². The third kappa shape index (κ3) is 5.28. The highest BCUT2D eigenvalue weighted by Gasteiger charge is 2.14. The monoisotopic (exact) mass is 464 g/mol. The molecule has 0 aliphatic carbocycles. The van der Waals surface area contributed by atoms with E-state index in [0.717, 1.165) is 5.56 Å². The summed E-state index contributed by atoms with van der Waals surface area (Å²) in [7, 11) is -3.74. The number of hydrogen-bond donors (Lipinski definition) is 2. The smallest absolute Gasteiger partial charge is 0.248 e. The highest BCUT2D eigenvalue weighted by atomic mass is 32.2. The summed E-state index contributed by atoms with van der Waals surface area (Å²) in [5.41, 5.74) is 1.81. The highest BCUT2D eigenvalue weighted by molar-refractivity contribution is 7.89. The van der Waals surface area contributed by atoms with Gasteiger partial charge in [-0.05, 0) is 61.5 Å². The van der Waals surface area contributed by atoms with E-state index in [9.17, 15) is 18.0 Å². The molecule has 0 spiro atoms. The molecule has 8 nitrogen and oxygen atoms in total. The van der Waals surface area contributed by atoms with Crippen LogP contribution in [0, 0.1) is 6.92 Å².